The minimum Gasteiger partial charge on any atom is -0.482 e. The van der Waals surface area contributed by atoms with Gasteiger partial charge in [0, 0.05) is 11.9 Å². The summed E-state index contributed by atoms with van der Waals surface area (Å²) < 4.78 is 10.3. The first kappa shape index (κ1) is 14.7. The van der Waals surface area contributed by atoms with Crippen LogP contribution in [0.25, 0.3) is 0 Å². The predicted molar refractivity (Wildman–Crippen MR) is 75.0 cm³/mol. The van der Waals surface area contributed by atoms with Gasteiger partial charge in [0.1, 0.15) is 12.0 Å². The third-order valence-corrected chi connectivity index (χ3v) is 2.92. The van der Waals surface area contributed by atoms with Crippen molar-refractivity contribution in [3.63, 3.8) is 0 Å². The van der Waals surface area contributed by atoms with Crippen LogP contribution in [0.3, 0.4) is 0 Å². The molecule has 0 unspecified atom stereocenters. The van der Waals surface area contributed by atoms with E-state index in [0.717, 1.165) is 0 Å². The van der Waals surface area contributed by atoms with Crippen LogP contribution >= 0.6 is 23.2 Å². The molecule has 1 aromatic carbocycles. The number of carbonyl (C=O) groups excluding carboxylic acids is 1. The van der Waals surface area contributed by atoms with Crippen molar-refractivity contribution in [1.29, 1.82) is 0 Å². The zero-order valence-electron chi connectivity index (χ0n) is 10.7. The Morgan fingerprint density at radius 2 is 2.25 bits per heavy atom. The number of aryl methyl sites for hydroxylation is 1. The first-order valence-electron chi connectivity index (χ1n) is 5.80. The molecular weight excluding hydrogens is 303 g/mol. The highest BCUT2D eigenvalue weighted by Gasteiger charge is 2.07. The third-order valence-electron chi connectivity index (χ3n) is 2.39. The average molecular weight is 315 g/mol. The highest BCUT2D eigenvalue weighted by atomic mass is 35.5. The normalized spacial score (nSPS) is 10.3. The SMILES string of the molecule is Cc1nc(CNC(=O)COc2ccc(Cl)cc2Cl)co1. The number of halogens is 2. The van der Waals surface area contributed by atoms with E-state index in [9.17, 15) is 4.79 Å². The summed E-state index contributed by atoms with van der Waals surface area (Å²) in [6.07, 6.45) is 1.49. The van der Waals surface area contributed by atoms with E-state index in [-0.39, 0.29) is 19.1 Å². The van der Waals surface area contributed by atoms with Crippen LogP contribution in [0, 0.1) is 6.92 Å². The van der Waals surface area contributed by atoms with Gasteiger partial charge in [0.15, 0.2) is 12.5 Å². The van der Waals surface area contributed by atoms with E-state index in [2.05, 4.69) is 10.3 Å². The van der Waals surface area contributed by atoms with Gasteiger partial charge in [-0.3, -0.25) is 4.79 Å². The molecule has 0 aliphatic rings. The highest BCUT2D eigenvalue weighted by molar-refractivity contribution is 6.35. The lowest BCUT2D eigenvalue weighted by molar-refractivity contribution is -0.123. The van der Waals surface area contributed by atoms with E-state index in [4.69, 9.17) is 32.4 Å². The van der Waals surface area contributed by atoms with E-state index in [1.165, 1.54) is 6.26 Å². The van der Waals surface area contributed by atoms with Gasteiger partial charge in [0.05, 0.1) is 17.3 Å². The fourth-order valence-corrected chi connectivity index (χ4v) is 1.93. The first-order chi connectivity index (χ1) is 9.54. The Morgan fingerprint density at radius 3 is 2.90 bits per heavy atom. The molecule has 0 aliphatic heterocycles. The Labute approximate surface area is 125 Å². The second kappa shape index (κ2) is 6.63. The average Bonchev–Trinajstić information content (AvgIpc) is 2.81. The van der Waals surface area contributed by atoms with E-state index in [0.29, 0.717) is 27.4 Å². The summed E-state index contributed by atoms with van der Waals surface area (Å²) in [5.41, 5.74) is 0.653. The van der Waals surface area contributed by atoms with E-state index < -0.39 is 0 Å². The molecule has 0 aliphatic carbocycles. The molecule has 5 nitrogen and oxygen atoms in total. The Hall–Kier alpha value is -1.72. The number of rotatable bonds is 5. The largest absolute Gasteiger partial charge is 0.482 e. The van der Waals surface area contributed by atoms with Crippen LogP contribution in [0.15, 0.2) is 28.9 Å². The van der Waals surface area contributed by atoms with Crippen LogP contribution in [-0.2, 0) is 11.3 Å². The van der Waals surface area contributed by atoms with Gasteiger partial charge in [-0.1, -0.05) is 23.2 Å². The Bertz CT molecular complexity index is 613. The minimum absolute atomic E-state index is 0.141. The fraction of sp³-hybridized carbons (Fsp3) is 0.231. The van der Waals surface area contributed by atoms with Crippen LogP contribution in [0.1, 0.15) is 11.6 Å². The quantitative estimate of drug-likeness (QED) is 0.921. The number of amides is 1. The van der Waals surface area contributed by atoms with Crippen molar-refractivity contribution in [3.8, 4) is 5.75 Å². The summed E-state index contributed by atoms with van der Waals surface area (Å²) in [5, 5.41) is 3.52. The lowest BCUT2D eigenvalue weighted by Gasteiger charge is -2.08. The van der Waals surface area contributed by atoms with Crippen molar-refractivity contribution in [2.24, 2.45) is 0 Å². The number of aromatic nitrogens is 1. The zero-order valence-corrected chi connectivity index (χ0v) is 12.2. The van der Waals surface area contributed by atoms with Crippen LogP contribution in [0.5, 0.6) is 5.75 Å². The van der Waals surface area contributed by atoms with Gasteiger partial charge < -0.3 is 14.5 Å². The van der Waals surface area contributed by atoms with Crippen molar-refractivity contribution < 1.29 is 13.9 Å². The number of hydrogen-bond acceptors (Lipinski definition) is 4. The molecule has 0 saturated heterocycles. The Kier molecular flexibility index (Phi) is 4.87. The summed E-state index contributed by atoms with van der Waals surface area (Å²) in [7, 11) is 0. The topological polar surface area (TPSA) is 64.4 Å². The second-order valence-electron chi connectivity index (χ2n) is 4.00. The molecule has 106 valence electrons. The standard InChI is InChI=1S/C13H12Cl2N2O3/c1-8-17-10(6-19-8)5-16-13(18)7-20-12-3-2-9(14)4-11(12)15/h2-4,6H,5,7H2,1H3,(H,16,18). The summed E-state index contributed by atoms with van der Waals surface area (Å²) in [6.45, 7) is 1.88. The number of carbonyl (C=O) groups is 1. The van der Waals surface area contributed by atoms with Gasteiger partial charge in [-0.2, -0.15) is 0 Å². The minimum atomic E-state index is -0.281. The van der Waals surface area contributed by atoms with Gasteiger partial charge in [0.2, 0.25) is 0 Å². The molecular formula is C13H12Cl2N2O3. The van der Waals surface area contributed by atoms with Crippen molar-refractivity contribution in [2.75, 3.05) is 6.61 Å². The zero-order chi connectivity index (χ0) is 14.5. The van der Waals surface area contributed by atoms with Gasteiger partial charge in [-0.15, -0.1) is 0 Å². The summed E-state index contributed by atoms with van der Waals surface area (Å²) >= 11 is 11.7. The molecule has 0 fully saturated rings. The third kappa shape index (κ3) is 4.15. The van der Waals surface area contributed by atoms with Crippen LogP contribution in [-0.4, -0.2) is 17.5 Å². The van der Waals surface area contributed by atoms with Gasteiger partial charge in [0.25, 0.3) is 5.91 Å². The number of oxazole rings is 1. The molecule has 0 atom stereocenters. The molecule has 0 saturated carbocycles. The maximum atomic E-state index is 11.6. The van der Waals surface area contributed by atoms with Crippen molar-refractivity contribution in [1.82, 2.24) is 10.3 Å². The maximum absolute atomic E-state index is 11.6. The molecule has 20 heavy (non-hydrogen) atoms. The second-order valence-corrected chi connectivity index (χ2v) is 4.84. The molecule has 1 heterocycles. The molecule has 1 aromatic heterocycles. The molecule has 2 aromatic rings. The van der Waals surface area contributed by atoms with E-state index in [1.54, 1.807) is 25.1 Å². The van der Waals surface area contributed by atoms with E-state index in [1.807, 2.05) is 0 Å². The van der Waals surface area contributed by atoms with Crippen molar-refractivity contribution in [2.45, 2.75) is 13.5 Å². The molecule has 0 radical (unpaired) electrons. The number of ether oxygens (including phenoxy) is 1. The number of benzene rings is 1. The number of hydrogen-bond donors (Lipinski definition) is 1. The summed E-state index contributed by atoms with van der Waals surface area (Å²) in [6, 6.07) is 4.80. The van der Waals surface area contributed by atoms with E-state index >= 15 is 0 Å². The molecule has 0 spiro atoms. The number of nitrogens with zero attached hydrogens (tertiary/aromatic N) is 1. The Morgan fingerprint density at radius 1 is 1.45 bits per heavy atom. The lowest BCUT2D eigenvalue weighted by Crippen LogP contribution is -2.28. The lowest BCUT2D eigenvalue weighted by atomic mass is 10.3. The Balaban J connectivity index is 1.80. The van der Waals surface area contributed by atoms with Crippen molar-refractivity contribution >= 4 is 29.1 Å². The highest BCUT2D eigenvalue weighted by Crippen LogP contribution is 2.27. The van der Waals surface area contributed by atoms with Gasteiger partial charge in [-0.25, -0.2) is 4.98 Å². The smallest absolute Gasteiger partial charge is 0.258 e. The predicted octanol–water partition coefficient (Wildman–Crippen LogP) is 2.99. The number of nitrogens with one attached hydrogen (secondary N) is 1. The van der Waals surface area contributed by atoms with Gasteiger partial charge >= 0.3 is 0 Å². The first-order valence-corrected chi connectivity index (χ1v) is 6.56. The molecule has 1 amide bonds. The molecule has 1 N–H and O–H groups in total. The van der Waals surface area contributed by atoms with Crippen LogP contribution in [0.2, 0.25) is 10.0 Å². The van der Waals surface area contributed by atoms with Crippen molar-refractivity contribution in [3.05, 3.63) is 46.1 Å². The van der Waals surface area contributed by atoms with Gasteiger partial charge in [-0.05, 0) is 18.2 Å². The molecule has 0 bridgehead atoms. The fourth-order valence-electron chi connectivity index (χ4n) is 1.47. The molecule has 7 heteroatoms. The monoisotopic (exact) mass is 314 g/mol. The molecule has 2 rings (SSSR count). The summed E-state index contributed by atoms with van der Waals surface area (Å²) in [5.74, 6) is 0.679. The van der Waals surface area contributed by atoms with Crippen LogP contribution < -0.4 is 10.1 Å². The van der Waals surface area contributed by atoms with Crippen LogP contribution in [0.4, 0.5) is 0 Å². The maximum Gasteiger partial charge on any atom is 0.258 e. The summed E-state index contributed by atoms with van der Waals surface area (Å²) in [4.78, 5) is 15.7.